The van der Waals surface area contributed by atoms with Crippen LogP contribution in [-0.2, 0) is 14.8 Å². The Kier molecular flexibility index (Phi) is 7.40. The average molecular weight is 530 g/mol. The number of sulfonamides is 1. The summed E-state index contributed by atoms with van der Waals surface area (Å²) in [7, 11) is 0.247. The van der Waals surface area contributed by atoms with Gasteiger partial charge in [-0.15, -0.1) is 10.2 Å². The molecule has 13 nitrogen and oxygen atoms in total. The lowest BCUT2D eigenvalue weighted by atomic mass is 10.2. The lowest BCUT2D eigenvalue weighted by Crippen LogP contribution is -2.33. The summed E-state index contributed by atoms with van der Waals surface area (Å²) in [6, 6.07) is 6.79. The van der Waals surface area contributed by atoms with Crippen LogP contribution in [0.1, 0.15) is 30.2 Å². The minimum absolute atomic E-state index is 0.120. The first-order valence-corrected chi connectivity index (χ1v) is 12.7. The van der Waals surface area contributed by atoms with E-state index in [2.05, 4.69) is 30.0 Å². The van der Waals surface area contributed by atoms with Gasteiger partial charge in [0.15, 0.2) is 17.3 Å². The van der Waals surface area contributed by atoms with Crippen molar-refractivity contribution in [3.63, 3.8) is 0 Å². The van der Waals surface area contributed by atoms with Crippen molar-refractivity contribution in [2.45, 2.75) is 32.1 Å². The van der Waals surface area contributed by atoms with E-state index in [4.69, 9.17) is 18.7 Å². The Morgan fingerprint density at radius 3 is 2.22 bits per heavy atom. The van der Waals surface area contributed by atoms with Crippen LogP contribution in [0.5, 0.6) is 11.5 Å². The first-order chi connectivity index (χ1) is 17.7. The Morgan fingerprint density at radius 2 is 1.68 bits per heavy atom. The van der Waals surface area contributed by atoms with Gasteiger partial charge in [0.1, 0.15) is 34.3 Å². The van der Waals surface area contributed by atoms with E-state index >= 15 is 0 Å². The van der Waals surface area contributed by atoms with Crippen LogP contribution in [-0.4, -0.2) is 64.9 Å². The van der Waals surface area contributed by atoms with Crippen LogP contribution in [0.3, 0.4) is 0 Å². The number of ether oxygens (including phenoxy) is 3. The van der Waals surface area contributed by atoms with Crippen molar-refractivity contribution >= 4 is 16.0 Å². The molecule has 0 unspecified atom stereocenters. The Balaban J connectivity index is 1.82. The van der Waals surface area contributed by atoms with Crippen molar-refractivity contribution in [2.75, 3.05) is 26.1 Å². The summed E-state index contributed by atoms with van der Waals surface area (Å²) in [4.78, 5) is 8.47. The molecule has 37 heavy (non-hydrogen) atoms. The van der Waals surface area contributed by atoms with Crippen LogP contribution in [0.25, 0.3) is 17.2 Å². The lowest BCUT2D eigenvalue weighted by Gasteiger charge is -2.22. The van der Waals surface area contributed by atoms with E-state index in [-0.39, 0.29) is 17.6 Å². The monoisotopic (exact) mass is 529 g/mol. The maximum Gasteiger partial charge on any atom is 0.243 e. The second-order valence-corrected chi connectivity index (χ2v) is 10.2. The molecule has 3 heterocycles. The molecule has 0 radical (unpaired) electrons. The van der Waals surface area contributed by atoms with Crippen molar-refractivity contribution < 1.29 is 27.2 Å². The normalized spacial score (nSPS) is 13.2. The average Bonchev–Trinajstić information content (AvgIpc) is 3.50. The summed E-state index contributed by atoms with van der Waals surface area (Å²) in [6.07, 6.45) is 2.24. The van der Waals surface area contributed by atoms with Gasteiger partial charge in [0, 0.05) is 25.6 Å². The zero-order chi connectivity index (χ0) is 26.7. The molecule has 3 aromatic heterocycles. The van der Waals surface area contributed by atoms with Crippen LogP contribution in [0, 0.1) is 13.8 Å². The van der Waals surface area contributed by atoms with Crippen LogP contribution < -0.4 is 14.2 Å². The maximum absolute atomic E-state index is 13.6. The van der Waals surface area contributed by atoms with E-state index in [1.54, 1.807) is 43.6 Å². The van der Waals surface area contributed by atoms with E-state index in [0.29, 0.717) is 28.6 Å². The largest absolute Gasteiger partial charge is 0.494 e. The third-order valence-electron chi connectivity index (χ3n) is 5.60. The summed E-state index contributed by atoms with van der Waals surface area (Å²) < 4.78 is 52.9. The van der Waals surface area contributed by atoms with Gasteiger partial charge in [0.2, 0.25) is 16.0 Å². The number of nitrogens with one attached hydrogen (secondary N) is 1. The molecule has 1 N–H and O–H groups in total. The standard InChI is InChI=1S/C23H27N7O6S/c1-13-11-24-21(25-12-13)20(35-6)15(3)37(31,32)29-23-27-26-22(16-10-14(2)36-28-16)30(23)19-17(33-4)8-7-9-18(19)34-5/h7-12,15,20H,1-6H3,(H,27,29)/t15-,20-/m0/s1. The number of benzene rings is 1. The number of nitrogens with zero attached hydrogens (tertiary/aromatic N) is 6. The number of hydrogen-bond acceptors (Lipinski definition) is 11. The summed E-state index contributed by atoms with van der Waals surface area (Å²) >= 11 is 0. The molecule has 0 aliphatic heterocycles. The maximum atomic E-state index is 13.6. The fraction of sp³-hybridized carbons (Fsp3) is 0.348. The third-order valence-corrected chi connectivity index (χ3v) is 7.30. The second kappa shape index (κ2) is 10.5. The van der Waals surface area contributed by atoms with Gasteiger partial charge in [-0.25, -0.2) is 18.4 Å². The summed E-state index contributed by atoms with van der Waals surface area (Å²) in [5, 5.41) is 11.2. The van der Waals surface area contributed by atoms with Crippen molar-refractivity contribution in [2.24, 2.45) is 0 Å². The molecule has 0 spiro atoms. The SMILES string of the molecule is COc1cccc(OC)c1-n1c(NS(=O)(=O)[C@@H](C)[C@H](OC)c2ncc(C)cn2)nnc1-c1cc(C)on1. The van der Waals surface area contributed by atoms with Gasteiger partial charge in [-0.3, -0.25) is 9.29 Å². The smallest absolute Gasteiger partial charge is 0.243 e. The van der Waals surface area contributed by atoms with E-state index in [1.807, 2.05) is 6.92 Å². The molecular weight excluding hydrogens is 502 g/mol. The highest BCUT2D eigenvalue weighted by Crippen LogP contribution is 2.38. The van der Waals surface area contributed by atoms with Crippen molar-refractivity contribution in [3.05, 3.63) is 53.8 Å². The van der Waals surface area contributed by atoms with Gasteiger partial charge in [-0.2, -0.15) is 0 Å². The molecule has 4 rings (SSSR count). The van der Waals surface area contributed by atoms with Gasteiger partial charge < -0.3 is 18.7 Å². The van der Waals surface area contributed by atoms with Gasteiger partial charge >= 0.3 is 0 Å². The Labute approximate surface area is 213 Å². The molecule has 0 aliphatic carbocycles. The van der Waals surface area contributed by atoms with Crippen LogP contribution in [0.15, 0.2) is 41.2 Å². The number of aryl methyl sites for hydroxylation is 2. The highest BCUT2D eigenvalue weighted by Gasteiger charge is 2.35. The Hall–Kier alpha value is -4.04. The summed E-state index contributed by atoms with van der Waals surface area (Å²) in [5.74, 6) is 1.62. The molecule has 4 aromatic rings. The number of rotatable bonds is 10. The quantitative estimate of drug-likeness (QED) is 0.322. The van der Waals surface area contributed by atoms with Crippen molar-refractivity contribution in [1.29, 1.82) is 0 Å². The van der Waals surface area contributed by atoms with Gasteiger partial charge in [-0.05, 0) is 38.5 Å². The number of methoxy groups -OCH3 is 3. The highest BCUT2D eigenvalue weighted by atomic mass is 32.2. The van der Waals surface area contributed by atoms with E-state index in [0.717, 1.165) is 5.56 Å². The van der Waals surface area contributed by atoms with Gasteiger partial charge in [-0.1, -0.05) is 11.2 Å². The zero-order valence-electron chi connectivity index (χ0n) is 21.2. The first kappa shape index (κ1) is 26.0. The zero-order valence-corrected chi connectivity index (χ0v) is 22.0. The lowest BCUT2D eigenvalue weighted by molar-refractivity contribution is 0.0949. The molecule has 1 aromatic carbocycles. The number of para-hydroxylation sites is 1. The van der Waals surface area contributed by atoms with Crippen molar-refractivity contribution in [1.82, 2.24) is 29.9 Å². The minimum Gasteiger partial charge on any atom is -0.494 e. The number of hydrogen-bond donors (Lipinski definition) is 1. The molecule has 0 fully saturated rings. The second-order valence-electron chi connectivity index (χ2n) is 8.14. The number of anilines is 1. The van der Waals surface area contributed by atoms with E-state index < -0.39 is 21.4 Å². The minimum atomic E-state index is -4.12. The third kappa shape index (κ3) is 5.11. The predicted octanol–water partition coefficient (Wildman–Crippen LogP) is 2.86. The Morgan fingerprint density at radius 1 is 1.03 bits per heavy atom. The predicted molar refractivity (Wildman–Crippen MR) is 133 cm³/mol. The van der Waals surface area contributed by atoms with E-state index in [9.17, 15) is 8.42 Å². The molecule has 196 valence electrons. The molecule has 0 amide bonds. The van der Waals surface area contributed by atoms with Crippen LogP contribution in [0.2, 0.25) is 0 Å². The van der Waals surface area contributed by atoms with Crippen LogP contribution in [0.4, 0.5) is 5.95 Å². The number of aromatic nitrogens is 6. The van der Waals surface area contributed by atoms with Gasteiger partial charge in [0.25, 0.3) is 0 Å². The highest BCUT2D eigenvalue weighted by molar-refractivity contribution is 7.93. The summed E-state index contributed by atoms with van der Waals surface area (Å²) in [5.41, 5.74) is 1.53. The van der Waals surface area contributed by atoms with E-state index in [1.165, 1.54) is 32.8 Å². The van der Waals surface area contributed by atoms with Gasteiger partial charge in [0.05, 0.1) is 14.2 Å². The summed E-state index contributed by atoms with van der Waals surface area (Å²) in [6.45, 7) is 5.05. The fourth-order valence-electron chi connectivity index (χ4n) is 3.69. The van der Waals surface area contributed by atoms with Crippen LogP contribution >= 0.6 is 0 Å². The molecule has 0 saturated carbocycles. The molecule has 0 bridgehead atoms. The molecule has 2 atom stereocenters. The Bertz CT molecular complexity index is 1460. The molecule has 0 aliphatic rings. The fourth-order valence-corrected chi connectivity index (χ4v) is 4.82. The van der Waals surface area contributed by atoms with Crippen molar-refractivity contribution in [3.8, 4) is 28.7 Å². The molecular formula is C23H27N7O6S. The molecule has 0 saturated heterocycles. The molecule has 14 heteroatoms. The first-order valence-electron chi connectivity index (χ1n) is 11.1. The topological polar surface area (TPSA) is 156 Å².